The SMILES string of the molecule is C#CC(=O)COCc1ccccc1. The Hall–Kier alpha value is -1.59. The Morgan fingerprint density at radius 3 is 2.69 bits per heavy atom. The van der Waals surface area contributed by atoms with E-state index in [1.807, 2.05) is 36.3 Å². The van der Waals surface area contributed by atoms with Crippen molar-refractivity contribution in [2.24, 2.45) is 0 Å². The maximum atomic E-state index is 10.6. The monoisotopic (exact) mass is 174 g/mol. The van der Waals surface area contributed by atoms with Crippen LogP contribution < -0.4 is 0 Å². The van der Waals surface area contributed by atoms with E-state index in [0.717, 1.165) is 5.56 Å². The number of rotatable bonds is 4. The number of carbonyl (C=O) groups is 1. The lowest BCUT2D eigenvalue weighted by Gasteiger charge is -2.00. The summed E-state index contributed by atoms with van der Waals surface area (Å²) in [6.07, 6.45) is 4.87. The highest BCUT2D eigenvalue weighted by molar-refractivity contribution is 5.95. The first-order valence-electron chi connectivity index (χ1n) is 3.94. The molecule has 13 heavy (non-hydrogen) atoms. The quantitative estimate of drug-likeness (QED) is 0.509. The standard InChI is InChI=1S/C11H10O2/c1-2-11(12)9-13-8-10-6-4-3-5-7-10/h1,3-7H,8-9H2. The number of carbonyl (C=O) groups excluding carboxylic acids is 1. The minimum Gasteiger partial charge on any atom is -0.368 e. The van der Waals surface area contributed by atoms with Gasteiger partial charge in [-0.3, -0.25) is 4.79 Å². The van der Waals surface area contributed by atoms with Crippen molar-refractivity contribution >= 4 is 5.78 Å². The molecule has 0 aromatic heterocycles. The molecular weight excluding hydrogens is 164 g/mol. The van der Waals surface area contributed by atoms with Gasteiger partial charge in [0, 0.05) is 0 Å². The predicted molar refractivity (Wildman–Crippen MR) is 49.9 cm³/mol. The molecule has 0 saturated heterocycles. The van der Waals surface area contributed by atoms with Gasteiger partial charge in [0.05, 0.1) is 6.61 Å². The zero-order valence-electron chi connectivity index (χ0n) is 7.19. The lowest BCUT2D eigenvalue weighted by atomic mass is 10.2. The highest BCUT2D eigenvalue weighted by atomic mass is 16.5. The number of hydrogen-bond acceptors (Lipinski definition) is 2. The third kappa shape index (κ3) is 3.55. The van der Waals surface area contributed by atoms with Crippen LogP contribution in [0.2, 0.25) is 0 Å². The summed E-state index contributed by atoms with van der Waals surface area (Å²) in [5.74, 6) is 1.66. The molecule has 0 heterocycles. The zero-order chi connectivity index (χ0) is 9.52. The van der Waals surface area contributed by atoms with Crippen molar-refractivity contribution in [3.05, 3.63) is 35.9 Å². The summed E-state index contributed by atoms with van der Waals surface area (Å²) in [4.78, 5) is 10.6. The van der Waals surface area contributed by atoms with Gasteiger partial charge in [-0.1, -0.05) is 30.3 Å². The molecule has 0 N–H and O–H groups in total. The van der Waals surface area contributed by atoms with Crippen molar-refractivity contribution in [2.45, 2.75) is 6.61 Å². The molecule has 0 bridgehead atoms. The average molecular weight is 174 g/mol. The van der Waals surface area contributed by atoms with Gasteiger partial charge in [0.1, 0.15) is 6.61 Å². The third-order valence-electron chi connectivity index (χ3n) is 1.51. The number of hydrogen-bond donors (Lipinski definition) is 0. The van der Waals surface area contributed by atoms with Gasteiger partial charge in [0.15, 0.2) is 0 Å². The van der Waals surface area contributed by atoms with Gasteiger partial charge in [0.2, 0.25) is 5.78 Å². The fraction of sp³-hybridized carbons (Fsp3) is 0.182. The molecule has 0 saturated carbocycles. The molecule has 0 radical (unpaired) electrons. The lowest BCUT2D eigenvalue weighted by Crippen LogP contribution is -2.05. The molecule has 0 atom stereocenters. The fourth-order valence-corrected chi connectivity index (χ4v) is 0.877. The predicted octanol–water partition coefficient (Wildman–Crippen LogP) is 1.41. The number of terminal acetylenes is 1. The van der Waals surface area contributed by atoms with E-state index in [0.29, 0.717) is 6.61 Å². The molecule has 66 valence electrons. The van der Waals surface area contributed by atoms with Gasteiger partial charge >= 0.3 is 0 Å². The van der Waals surface area contributed by atoms with E-state index in [-0.39, 0.29) is 12.4 Å². The summed E-state index contributed by atoms with van der Waals surface area (Å²) < 4.78 is 5.08. The lowest BCUT2D eigenvalue weighted by molar-refractivity contribution is -0.118. The molecule has 0 aliphatic carbocycles. The van der Waals surface area contributed by atoms with Gasteiger partial charge in [-0.05, 0) is 11.5 Å². The van der Waals surface area contributed by atoms with Crippen molar-refractivity contribution in [3.63, 3.8) is 0 Å². The molecule has 2 nitrogen and oxygen atoms in total. The first-order valence-corrected chi connectivity index (χ1v) is 3.94. The molecular formula is C11H10O2. The Kier molecular flexibility index (Phi) is 3.74. The van der Waals surface area contributed by atoms with E-state index in [1.54, 1.807) is 0 Å². The largest absolute Gasteiger partial charge is 0.368 e. The Morgan fingerprint density at radius 2 is 2.08 bits per heavy atom. The normalized spacial score (nSPS) is 9.15. The number of benzene rings is 1. The van der Waals surface area contributed by atoms with Crippen LogP contribution in [0.1, 0.15) is 5.56 Å². The number of ether oxygens (including phenoxy) is 1. The van der Waals surface area contributed by atoms with Gasteiger partial charge < -0.3 is 4.74 Å². The average Bonchev–Trinajstić information content (AvgIpc) is 2.19. The second-order valence-electron chi connectivity index (χ2n) is 2.55. The highest BCUT2D eigenvalue weighted by Gasteiger charge is 1.96. The van der Waals surface area contributed by atoms with Crippen molar-refractivity contribution in [1.82, 2.24) is 0 Å². The van der Waals surface area contributed by atoms with Gasteiger partial charge in [0.25, 0.3) is 0 Å². The minimum absolute atomic E-state index is 0.00854. The van der Waals surface area contributed by atoms with E-state index in [2.05, 4.69) is 0 Å². The van der Waals surface area contributed by atoms with Crippen LogP contribution in [0.5, 0.6) is 0 Å². The van der Waals surface area contributed by atoms with E-state index in [1.165, 1.54) is 0 Å². The van der Waals surface area contributed by atoms with Crippen molar-refractivity contribution in [2.75, 3.05) is 6.61 Å². The van der Waals surface area contributed by atoms with Crippen LogP contribution in [0.4, 0.5) is 0 Å². The maximum absolute atomic E-state index is 10.6. The summed E-state index contributed by atoms with van der Waals surface area (Å²) >= 11 is 0. The molecule has 0 unspecified atom stereocenters. The fourth-order valence-electron chi connectivity index (χ4n) is 0.877. The number of ketones is 1. The maximum Gasteiger partial charge on any atom is 0.230 e. The summed E-state index contributed by atoms with van der Waals surface area (Å²) in [5, 5.41) is 0. The Labute approximate surface area is 77.5 Å². The summed E-state index contributed by atoms with van der Waals surface area (Å²) in [7, 11) is 0. The minimum atomic E-state index is -0.323. The van der Waals surface area contributed by atoms with Crippen molar-refractivity contribution in [1.29, 1.82) is 0 Å². The van der Waals surface area contributed by atoms with Crippen LogP contribution in [0.15, 0.2) is 30.3 Å². The zero-order valence-corrected chi connectivity index (χ0v) is 7.19. The highest BCUT2D eigenvalue weighted by Crippen LogP contribution is 1.99. The van der Waals surface area contributed by atoms with E-state index in [9.17, 15) is 4.79 Å². The van der Waals surface area contributed by atoms with Crippen LogP contribution in [0, 0.1) is 12.3 Å². The van der Waals surface area contributed by atoms with Crippen molar-refractivity contribution in [3.8, 4) is 12.3 Å². The van der Waals surface area contributed by atoms with Crippen LogP contribution in [-0.2, 0) is 16.1 Å². The van der Waals surface area contributed by atoms with Gasteiger partial charge in [-0.15, -0.1) is 6.42 Å². The molecule has 2 heteroatoms. The Morgan fingerprint density at radius 1 is 1.38 bits per heavy atom. The molecule has 0 aliphatic rings. The Bertz CT molecular complexity index is 309. The molecule has 1 aromatic rings. The smallest absolute Gasteiger partial charge is 0.230 e. The summed E-state index contributed by atoms with van der Waals surface area (Å²) in [6.45, 7) is 0.416. The van der Waals surface area contributed by atoms with E-state index in [4.69, 9.17) is 11.2 Å². The number of Topliss-reactive ketones (excluding diaryl/α,β-unsaturated/α-hetero) is 1. The topological polar surface area (TPSA) is 26.3 Å². The van der Waals surface area contributed by atoms with Gasteiger partial charge in [-0.2, -0.15) is 0 Å². The Balaban J connectivity index is 2.29. The van der Waals surface area contributed by atoms with Crippen LogP contribution in [0.3, 0.4) is 0 Å². The van der Waals surface area contributed by atoms with Crippen LogP contribution >= 0.6 is 0 Å². The molecule has 0 spiro atoms. The van der Waals surface area contributed by atoms with E-state index >= 15 is 0 Å². The summed E-state index contributed by atoms with van der Waals surface area (Å²) in [6, 6.07) is 9.63. The summed E-state index contributed by atoms with van der Waals surface area (Å²) in [5.41, 5.74) is 1.03. The molecule has 0 amide bonds. The second-order valence-corrected chi connectivity index (χ2v) is 2.55. The van der Waals surface area contributed by atoms with Crippen LogP contribution in [0.25, 0.3) is 0 Å². The second kappa shape index (κ2) is 5.13. The van der Waals surface area contributed by atoms with Gasteiger partial charge in [-0.25, -0.2) is 0 Å². The first-order chi connectivity index (χ1) is 6.33. The third-order valence-corrected chi connectivity index (χ3v) is 1.51. The van der Waals surface area contributed by atoms with Crippen LogP contribution in [-0.4, -0.2) is 12.4 Å². The molecule has 1 rings (SSSR count). The van der Waals surface area contributed by atoms with Crippen molar-refractivity contribution < 1.29 is 9.53 Å². The molecule has 0 aliphatic heterocycles. The molecule has 1 aromatic carbocycles. The van der Waals surface area contributed by atoms with E-state index < -0.39 is 0 Å². The molecule has 0 fully saturated rings. The first kappa shape index (κ1) is 9.50.